The molecule has 37 valence electrons. The van der Waals surface area contributed by atoms with Gasteiger partial charge in [0.25, 0.3) is 0 Å². The number of rotatable bonds is 0. The molecule has 0 aromatic carbocycles. The van der Waals surface area contributed by atoms with Crippen LogP contribution in [-0.4, -0.2) is 0 Å². The molecular weight excluding hydrogens is 313 g/mol. The monoisotopic (exact) mass is 316 g/mol. The molecule has 0 spiro atoms. The van der Waals surface area contributed by atoms with Crippen molar-refractivity contribution in [2.75, 3.05) is 0 Å². The van der Waals surface area contributed by atoms with Crippen LogP contribution in [0.25, 0.3) is 0 Å². The molecule has 0 atom stereocenters. The third-order valence-electron chi connectivity index (χ3n) is 0. The fourth-order valence-electron chi connectivity index (χ4n) is 0. The summed E-state index contributed by atoms with van der Waals surface area (Å²) in [6.45, 7) is 0. The number of halogens is 4. The van der Waals surface area contributed by atoms with Gasteiger partial charge >= 0.3 is 0 Å². The van der Waals surface area contributed by atoms with E-state index < -0.39 is 0 Å². The summed E-state index contributed by atoms with van der Waals surface area (Å²) in [5.41, 5.74) is 0. The van der Waals surface area contributed by atoms with E-state index in [0.717, 1.165) is 0 Å². The zero-order valence-electron chi connectivity index (χ0n) is 2.08. The summed E-state index contributed by atoms with van der Waals surface area (Å²) in [5.74, 6) is 0. The first-order valence-corrected chi connectivity index (χ1v) is 0. The second kappa shape index (κ2) is 123. The molecule has 0 aliphatic carbocycles. The summed E-state index contributed by atoms with van der Waals surface area (Å²) in [7, 11) is 0. The van der Waals surface area contributed by atoms with Gasteiger partial charge in [-0.3, -0.25) is 18.8 Å². The van der Waals surface area contributed by atoms with Crippen LogP contribution in [0, 0.1) is 29.9 Å². The maximum atomic E-state index is 0. The molecule has 0 fully saturated rings. The van der Waals surface area contributed by atoms with E-state index in [9.17, 15) is 0 Å². The van der Waals surface area contributed by atoms with Crippen LogP contribution in [0.3, 0.4) is 0 Å². The molecule has 0 saturated heterocycles. The maximum absolute atomic E-state index is 0. The minimum absolute atomic E-state index is 0. The molecule has 0 N–H and O–H groups in total. The summed E-state index contributed by atoms with van der Waals surface area (Å²) in [4.78, 5) is 0. The minimum Gasteiger partial charge on any atom is -0.269 e. The van der Waals surface area contributed by atoms with Gasteiger partial charge in [0.15, 0.2) is 0 Å². The second-order valence-electron chi connectivity index (χ2n) is 0. The summed E-state index contributed by atoms with van der Waals surface area (Å²) >= 11 is 0. The molecule has 0 amide bonds. The Hall–Kier alpha value is 0.733. The predicted molar refractivity (Wildman–Crippen MR) is 10.0 cm³/mol. The molecule has 0 nitrogen and oxygen atoms in total. The van der Waals surface area contributed by atoms with Crippen molar-refractivity contribution < 1.29 is 48.8 Å². The van der Waals surface area contributed by atoms with Gasteiger partial charge in [-0.25, -0.2) is 0 Å². The van der Waals surface area contributed by atoms with Gasteiger partial charge in [-0.05, 0) is 0 Å². The average Bonchev–Trinajstić information content (AvgIpc) is 0. The van der Waals surface area contributed by atoms with Crippen molar-refractivity contribution >= 4 is 0 Å². The molecule has 5 heavy (non-hydrogen) atoms. The normalized spacial score (nSPS) is 0. The van der Waals surface area contributed by atoms with Gasteiger partial charge in [0.2, 0.25) is 0 Å². The SMILES string of the molecule is F.F.F.F.[Np]. The van der Waals surface area contributed by atoms with Crippen molar-refractivity contribution in [2.24, 2.45) is 0 Å². The summed E-state index contributed by atoms with van der Waals surface area (Å²) < 4.78 is 0. The van der Waals surface area contributed by atoms with E-state index >= 15 is 0 Å². The topological polar surface area (TPSA) is 0 Å². The van der Waals surface area contributed by atoms with Crippen molar-refractivity contribution in [3.05, 3.63) is 0 Å². The van der Waals surface area contributed by atoms with Gasteiger partial charge in [-0.2, -0.15) is 0 Å². The van der Waals surface area contributed by atoms with Crippen molar-refractivity contribution in [2.45, 2.75) is 0 Å². The summed E-state index contributed by atoms with van der Waals surface area (Å²) in [6, 6.07) is 0. The van der Waals surface area contributed by atoms with Crippen LogP contribution in [0.5, 0.6) is 0 Å². The van der Waals surface area contributed by atoms with E-state index in [4.69, 9.17) is 0 Å². The Balaban J connectivity index is 0. The van der Waals surface area contributed by atoms with Gasteiger partial charge in [0.05, 0.1) is 0 Å². The van der Waals surface area contributed by atoms with E-state index in [-0.39, 0.29) is 48.8 Å². The third-order valence-corrected chi connectivity index (χ3v) is 0. The van der Waals surface area contributed by atoms with Crippen molar-refractivity contribution in [1.29, 1.82) is 0 Å². The van der Waals surface area contributed by atoms with Crippen molar-refractivity contribution in [3.8, 4) is 0 Å². The van der Waals surface area contributed by atoms with Crippen LogP contribution in [0.15, 0.2) is 0 Å². The van der Waals surface area contributed by atoms with Crippen LogP contribution < -0.4 is 0 Å². The smallest absolute Gasteiger partial charge is 0 e. The molecular formula is H4F4Np. The number of hydrogen-bond donors (Lipinski definition) is 0. The third kappa shape index (κ3) is 65.8. The molecule has 0 aromatic rings. The fraction of sp³-hybridized carbons (Fsp3) is 0. The first kappa shape index (κ1) is 239. The summed E-state index contributed by atoms with van der Waals surface area (Å²) in [6.07, 6.45) is 0. The molecule has 0 bridgehead atoms. The quantitative estimate of drug-likeness (QED) is 0.575. The number of hydrogen-bond acceptors (Lipinski definition) is 0. The van der Waals surface area contributed by atoms with Gasteiger partial charge in [-0.1, -0.05) is 0 Å². The van der Waals surface area contributed by atoms with Gasteiger partial charge in [-0.15, -0.1) is 0 Å². The molecule has 5 heteroatoms. The van der Waals surface area contributed by atoms with E-state index in [1.165, 1.54) is 0 Å². The molecule has 0 saturated carbocycles. The zero-order chi connectivity index (χ0) is 0. The Morgan fingerprint density at radius 3 is 0.400 bits per heavy atom. The molecule has 0 aliphatic heterocycles. The Bertz CT molecular complexity index is 3.61. The molecule has 1 radical (unpaired) electrons. The van der Waals surface area contributed by atoms with Gasteiger partial charge < -0.3 is 0 Å². The average molecular weight is 317 g/mol. The van der Waals surface area contributed by atoms with Gasteiger partial charge in [0.1, 0.15) is 0 Å². The first-order chi connectivity index (χ1) is 0. The second-order valence-corrected chi connectivity index (χ2v) is 0. The van der Waals surface area contributed by atoms with Crippen LogP contribution in [0.1, 0.15) is 0 Å². The Kier molecular flexibility index (Phi) is 5870. The molecule has 0 aromatic heterocycles. The molecule has 0 heterocycles. The van der Waals surface area contributed by atoms with Crippen molar-refractivity contribution in [3.63, 3.8) is 0 Å². The van der Waals surface area contributed by atoms with E-state index in [2.05, 4.69) is 0 Å². The van der Waals surface area contributed by atoms with E-state index in [1.807, 2.05) is 0 Å². The van der Waals surface area contributed by atoms with Crippen LogP contribution >= 0.6 is 0 Å². The van der Waals surface area contributed by atoms with Crippen LogP contribution in [0.4, 0.5) is 18.8 Å². The van der Waals surface area contributed by atoms with E-state index in [1.54, 1.807) is 0 Å². The molecule has 0 unspecified atom stereocenters. The Morgan fingerprint density at radius 1 is 0.400 bits per heavy atom. The van der Waals surface area contributed by atoms with Gasteiger partial charge in [0, 0.05) is 29.9 Å². The maximum Gasteiger partial charge on any atom is 0 e. The predicted octanol–water partition coefficient (Wildman–Crippen LogP) is 0.610. The Labute approximate surface area is 49.1 Å². The fourth-order valence-corrected chi connectivity index (χ4v) is 0. The van der Waals surface area contributed by atoms with Crippen LogP contribution in [-0.2, 0) is 0 Å². The molecule has 0 rings (SSSR count). The standard InChI is InChI=1S/4FH.Np/h4*1H;. The Morgan fingerprint density at radius 2 is 0.400 bits per heavy atom. The largest absolute Gasteiger partial charge is 0.269 e. The van der Waals surface area contributed by atoms with E-state index in [0.29, 0.717) is 0 Å². The first-order valence-electron chi connectivity index (χ1n) is 0. The van der Waals surface area contributed by atoms with Crippen LogP contribution in [0.2, 0.25) is 0 Å². The summed E-state index contributed by atoms with van der Waals surface area (Å²) in [5, 5.41) is 0. The zero-order valence-corrected chi connectivity index (χ0v) is 5.80. The minimum atomic E-state index is 0. The molecule has 0 aliphatic rings. The van der Waals surface area contributed by atoms with Crippen molar-refractivity contribution in [1.82, 2.24) is 0 Å².